The van der Waals surface area contributed by atoms with Crippen LogP contribution >= 0.6 is 11.6 Å². The number of amides is 1. The van der Waals surface area contributed by atoms with E-state index in [2.05, 4.69) is 6.92 Å². The molecule has 4 nitrogen and oxygen atoms in total. The highest BCUT2D eigenvalue weighted by molar-refractivity contribution is 6.21. The zero-order valence-corrected chi connectivity index (χ0v) is 11.4. The molecule has 2 atom stereocenters. The van der Waals surface area contributed by atoms with Gasteiger partial charge in [-0.2, -0.15) is 0 Å². The number of carbonyl (C=O) groups is 1. The number of nitrogens with zero attached hydrogens (tertiary/aromatic N) is 2. The molecule has 2 rings (SSSR count). The van der Waals surface area contributed by atoms with Crippen LogP contribution in [0.1, 0.15) is 23.7 Å². The molecule has 1 saturated heterocycles. The fourth-order valence-corrected chi connectivity index (χ4v) is 2.36. The number of piperidine rings is 1. The summed E-state index contributed by atoms with van der Waals surface area (Å²) >= 11 is 6.19. The summed E-state index contributed by atoms with van der Waals surface area (Å²) in [6, 6.07) is 3.05. The second kappa shape index (κ2) is 5.14. The minimum absolute atomic E-state index is 0.00533. The highest BCUT2D eigenvalue weighted by Crippen LogP contribution is 2.22. The fourth-order valence-electron chi connectivity index (χ4n) is 2.07. The summed E-state index contributed by atoms with van der Waals surface area (Å²) in [5, 5.41) is -0.00533. The van der Waals surface area contributed by atoms with Crippen LogP contribution in [-0.4, -0.2) is 33.8 Å². The van der Waals surface area contributed by atoms with Crippen LogP contribution in [-0.2, 0) is 7.05 Å². The van der Waals surface area contributed by atoms with Crippen LogP contribution < -0.4 is 5.56 Å². The molecule has 0 aromatic carbocycles. The zero-order chi connectivity index (χ0) is 13.3. The predicted molar refractivity (Wildman–Crippen MR) is 71.0 cm³/mol. The van der Waals surface area contributed by atoms with Crippen molar-refractivity contribution in [3.63, 3.8) is 0 Å². The highest BCUT2D eigenvalue weighted by atomic mass is 35.5. The molecular formula is C13H17ClN2O2. The van der Waals surface area contributed by atoms with Gasteiger partial charge in [-0.3, -0.25) is 9.59 Å². The first-order valence-electron chi connectivity index (χ1n) is 6.09. The van der Waals surface area contributed by atoms with Crippen molar-refractivity contribution in [1.82, 2.24) is 9.47 Å². The molecule has 2 heterocycles. The van der Waals surface area contributed by atoms with Gasteiger partial charge in [-0.25, -0.2) is 0 Å². The van der Waals surface area contributed by atoms with Gasteiger partial charge in [0.2, 0.25) is 0 Å². The molecule has 0 spiro atoms. The van der Waals surface area contributed by atoms with E-state index in [1.165, 1.54) is 10.6 Å². The molecule has 1 fully saturated rings. The van der Waals surface area contributed by atoms with Crippen molar-refractivity contribution in [2.75, 3.05) is 13.1 Å². The molecule has 1 aromatic rings. The molecule has 18 heavy (non-hydrogen) atoms. The molecule has 2 unspecified atom stereocenters. The summed E-state index contributed by atoms with van der Waals surface area (Å²) in [6.45, 7) is 3.35. The van der Waals surface area contributed by atoms with E-state index in [9.17, 15) is 9.59 Å². The van der Waals surface area contributed by atoms with E-state index < -0.39 is 0 Å². The number of aryl methyl sites for hydroxylation is 1. The lowest BCUT2D eigenvalue weighted by Crippen LogP contribution is -2.44. The molecule has 1 aliphatic heterocycles. The van der Waals surface area contributed by atoms with Crippen molar-refractivity contribution < 1.29 is 4.79 Å². The number of likely N-dealkylation sites (tertiary alicyclic amines) is 1. The lowest BCUT2D eigenvalue weighted by molar-refractivity contribution is 0.0701. The van der Waals surface area contributed by atoms with Gasteiger partial charge in [0.25, 0.3) is 11.5 Å². The third kappa shape index (κ3) is 2.58. The van der Waals surface area contributed by atoms with Crippen LogP contribution in [0.4, 0.5) is 0 Å². The third-order valence-corrected chi connectivity index (χ3v) is 4.07. The number of aromatic nitrogens is 1. The Balaban J connectivity index is 2.16. The van der Waals surface area contributed by atoms with Gasteiger partial charge in [-0.1, -0.05) is 6.92 Å². The van der Waals surface area contributed by atoms with Crippen LogP contribution in [0, 0.1) is 5.92 Å². The molecule has 0 saturated carbocycles. The molecule has 1 aromatic heterocycles. The maximum absolute atomic E-state index is 12.2. The summed E-state index contributed by atoms with van der Waals surface area (Å²) in [4.78, 5) is 25.5. The van der Waals surface area contributed by atoms with Gasteiger partial charge in [-0.05, 0) is 18.4 Å². The minimum Gasteiger partial charge on any atom is -0.337 e. The van der Waals surface area contributed by atoms with Gasteiger partial charge in [0.15, 0.2) is 0 Å². The molecule has 5 heteroatoms. The Kier molecular flexibility index (Phi) is 3.76. The summed E-state index contributed by atoms with van der Waals surface area (Å²) < 4.78 is 1.44. The Labute approximate surface area is 111 Å². The van der Waals surface area contributed by atoms with Crippen molar-refractivity contribution in [3.8, 4) is 0 Å². The first-order chi connectivity index (χ1) is 8.49. The maximum Gasteiger partial charge on any atom is 0.254 e. The monoisotopic (exact) mass is 268 g/mol. The number of hydrogen-bond acceptors (Lipinski definition) is 2. The number of carbonyl (C=O) groups excluding carboxylic acids is 1. The summed E-state index contributed by atoms with van der Waals surface area (Å²) in [6.07, 6.45) is 2.52. The SMILES string of the molecule is CC1CCN(C(=O)c2ccn(C)c(=O)c2)CC1Cl. The smallest absolute Gasteiger partial charge is 0.254 e. The van der Waals surface area contributed by atoms with Crippen molar-refractivity contribution in [2.24, 2.45) is 13.0 Å². The molecule has 0 bridgehead atoms. The maximum atomic E-state index is 12.2. The Hall–Kier alpha value is -1.29. The van der Waals surface area contributed by atoms with E-state index in [1.54, 1.807) is 24.2 Å². The topological polar surface area (TPSA) is 42.3 Å². The Morgan fingerprint density at radius 3 is 2.83 bits per heavy atom. The number of alkyl halides is 1. The lowest BCUT2D eigenvalue weighted by Gasteiger charge is -2.34. The number of pyridine rings is 1. The summed E-state index contributed by atoms with van der Waals surface area (Å²) in [7, 11) is 1.66. The van der Waals surface area contributed by atoms with E-state index in [0.29, 0.717) is 24.6 Å². The zero-order valence-electron chi connectivity index (χ0n) is 10.6. The van der Waals surface area contributed by atoms with E-state index in [4.69, 9.17) is 11.6 Å². The molecular weight excluding hydrogens is 252 g/mol. The van der Waals surface area contributed by atoms with E-state index in [1.807, 2.05) is 0 Å². The normalized spacial score (nSPS) is 24.1. The van der Waals surface area contributed by atoms with Crippen molar-refractivity contribution in [2.45, 2.75) is 18.7 Å². The highest BCUT2D eigenvalue weighted by Gasteiger charge is 2.27. The Morgan fingerprint density at radius 2 is 2.22 bits per heavy atom. The first-order valence-corrected chi connectivity index (χ1v) is 6.52. The van der Waals surface area contributed by atoms with Crippen LogP contribution in [0.25, 0.3) is 0 Å². The van der Waals surface area contributed by atoms with Crippen molar-refractivity contribution in [1.29, 1.82) is 0 Å². The minimum atomic E-state index is -0.173. The van der Waals surface area contributed by atoms with Crippen molar-refractivity contribution >= 4 is 17.5 Å². The second-order valence-corrected chi connectivity index (χ2v) is 5.46. The molecule has 0 aliphatic carbocycles. The lowest BCUT2D eigenvalue weighted by atomic mass is 9.98. The van der Waals surface area contributed by atoms with Gasteiger partial charge in [0.1, 0.15) is 0 Å². The van der Waals surface area contributed by atoms with E-state index in [0.717, 1.165) is 6.42 Å². The molecule has 98 valence electrons. The van der Waals surface area contributed by atoms with E-state index in [-0.39, 0.29) is 16.8 Å². The van der Waals surface area contributed by atoms with Gasteiger partial charge >= 0.3 is 0 Å². The quantitative estimate of drug-likeness (QED) is 0.724. The molecule has 0 N–H and O–H groups in total. The number of halogens is 1. The van der Waals surface area contributed by atoms with Gasteiger partial charge in [-0.15, -0.1) is 11.6 Å². The van der Waals surface area contributed by atoms with Gasteiger partial charge in [0, 0.05) is 38.0 Å². The van der Waals surface area contributed by atoms with Gasteiger partial charge < -0.3 is 9.47 Å². The van der Waals surface area contributed by atoms with Crippen LogP contribution in [0.5, 0.6) is 0 Å². The average Bonchev–Trinajstić information content (AvgIpc) is 2.35. The third-order valence-electron chi connectivity index (χ3n) is 3.51. The van der Waals surface area contributed by atoms with Crippen molar-refractivity contribution in [3.05, 3.63) is 34.2 Å². The predicted octanol–water partition coefficient (Wildman–Crippen LogP) is 1.47. The van der Waals surface area contributed by atoms with Crippen LogP contribution in [0.2, 0.25) is 0 Å². The average molecular weight is 269 g/mol. The Morgan fingerprint density at radius 1 is 1.50 bits per heavy atom. The summed E-state index contributed by atoms with van der Waals surface area (Å²) in [5.41, 5.74) is 0.269. The standard InChI is InChI=1S/C13H17ClN2O2/c1-9-3-6-16(8-11(9)14)13(18)10-4-5-15(2)12(17)7-10/h4-5,7,9,11H,3,6,8H2,1-2H3. The second-order valence-electron chi connectivity index (χ2n) is 4.90. The molecule has 0 radical (unpaired) electrons. The fraction of sp³-hybridized carbons (Fsp3) is 0.538. The Bertz CT molecular complexity index is 512. The number of rotatable bonds is 1. The molecule has 1 amide bonds. The first kappa shape index (κ1) is 13.1. The molecule has 1 aliphatic rings. The van der Waals surface area contributed by atoms with E-state index >= 15 is 0 Å². The van der Waals surface area contributed by atoms with Gasteiger partial charge in [0.05, 0.1) is 5.38 Å². The van der Waals surface area contributed by atoms with Crippen LogP contribution in [0.15, 0.2) is 23.1 Å². The largest absolute Gasteiger partial charge is 0.337 e. The van der Waals surface area contributed by atoms with Crippen LogP contribution in [0.3, 0.4) is 0 Å². The summed E-state index contributed by atoms with van der Waals surface area (Å²) in [5.74, 6) is 0.324. The number of hydrogen-bond donors (Lipinski definition) is 0.